The molecule has 0 aliphatic carbocycles. The third-order valence-corrected chi connectivity index (χ3v) is 4.50. The first-order chi connectivity index (χ1) is 12.7. The summed E-state index contributed by atoms with van der Waals surface area (Å²) in [5, 5.41) is 3.25. The minimum atomic E-state index is -0.472. The maximum absolute atomic E-state index is 12.2. The second kappa shape index (κ2) is 8.50. The first-order valence-electron chi connectivity index (χ1n) is 9.52. The molecule has 0 bridgehead atoms. The molecular weight excluding hydrogens is 342 g/mol. The van der Waals surface area contributed by atoms with Crippen molar-refractivity contribution in [2.24, 2.45) is 0 Å². The van der Waals surface area contributed by atoms with E-state index in [0.717, 1.165) is 42.5 Å². The molecule has 0 radical (unpaired) electrons. The number of nitrogens with one attached hydrogen (secondary N) is 1. The number of allylic oxidation sites excluding steroid dienone is 1. The number of anilines is 1. The minimum Gasteiger partial charge on any atom is -0.444 e. The molecule has 1 aliphatic rings. The minimum absolute atomic E-state index is 0.248. The molecule has 7 nitrogen and oxygen atoms in total. The van der Waals surface area contributed by atoms with Crippen LogP contribution in [0.3, 0.4) is 0 Å². The van der Waals surface area contributed by atoms with Gasteiger partial charge in [-0.05, 0) is 40.2 Å². The quantitative estimate of drug-likeness (QED) is 0.800. The molecule has 0 aromatic carbocycles. The maximum atomic E-state index is 12.2. The highest BCUT2D eigenvalue weighted by Gasteiger charge is 2.26. The summed E-state index contributed by atoms with van der Waals surface area (Å²) in [6, 6.07) is 0. The molecule has 27 heavy (non-hydrogen) atoms. The number of aromatic nitrogens is 2. The summed E-state index contributed by atoms with van der Waals surface area (Å²) >= 11 is 0. The summed E-state index contributed by atoms with van der Waals surface area (Å²) in [4.78, 5) is 20.9. The molecule has 150 valence electrons. The van der Waals surface area contributed by atoms with Gasteiger partial charge in [-0.3, -0.25) is 4.57 Å². The number of amides is 1. The highest BCUT2D eigenvalue weighted by Crippen LogP contribution is 2.21. The zero-order valence-electron chi connectivity index (χ0n) is 17.5. The van der Waals surface area contributed by atoms with Crippen molar-refractivity contribution in [2.75, 3.05) is 38.5 Å². The molecule has 0 spiro atoms. The van der Waals surface area contributed by atoms with Crippen LogP contribution in [0.5, 0.6) is 0 Å². The highest BCUT2D eigenvalue weighted by atomic mass is 16.6. The molecule has 0 atom stereocenters. The normalized spacial score (nSPS) is 15.7. The number of hydrogen-bond donors (Lipinski definition) is 1. The van der Waals surface area contributed by atoms with E-state index in [4.69, 9.17) is 4.74 Å². The van der Waals surface area contributed by atoms with E-state index in [1.165, 1.54) is 0 Å². The second-order valence-electron chi connectivity index (χ2n) is 7.64. The van der Waals surface area contributed by atoms with E-state index in [-0.39, 0.29) is 6.09 Å². The molecule has 1 aliphatic heterocycles. The summed E-state index contributed by atoms with van der Waals surface area (Å²) in [5.74, 6) is 1.93. The Labute approximate surface area is 162 Å². The summed E-state index contributed by atoms with van der Waals surface area (Å²) in [7, 11) is 1.91. The van der Waals surface area contributed by atoms with Gasteiger partial charge >= 0.3 is 6.09 Å². The van der Waals surface area contributed by atoms with Gasteiger partial charge in [0.1, 0.15) is 17.2 Å². The van der Waals surface area contributed by atoms with Gasteiger partial charge in [-0.1, -0.05) is 13.5 Å². The van der Waals surface area contributed by atoms with Crippen LogP contribution in [-0.4, -0.2) is 64.3 Å². The molecule has 1 saturated heterocycles. The Morgan fingerprint density at radius 3 is 2.33 bits per heavy atom. The van der Waals surface area contributed by atoms with Crippen molar-refractivity contribution < 1.29 is 9.53 Å². The Hall–Kier alpha value is -2.44. The molecule has 1 aromatic rings. The molecule has 0 saturated carbocycles. The SMILES string of the molecule is C=C/C(=C\n1c(C)nc(CC)c1NC)N1CCN(C(=O)OC(C)(C)C)CC1. The van der Waals surface area contributed by atoms with Crippen molar-refractivity contribution in [1.29, 1.82) is 0 Å². The largest absolute Gasteiger partial charge is 0.444 e. The van der Waals surface area contributed by atoms with Gasteiger partial charge in [-0.25, -0.2) is 9.78 Å². The van der Waals surface area contributed by atoms with E-state index < -0.39 is 5.60 Å². The number of piperazine rings is 1. The average molecular weight is 376 g/mol. The standard InChI is InChI=1S/C20H33N5O2/c1-8-16(14-25-15(3)22-17(9-2)18(25)21-7)23-10-12-24(13-11-23)19(26)27-20(4,5)6/h8,14,21H,1,9-13H2,2-7H3/b16-14+. The number of hydrogen-bond acceptors (Lipinski definition) is 5. The van der Waals surface area contributed by atoms with Crippen molar-refractivity contribution in [3.8, 4) is 0 Å². The first-order valence-corrected chi connectivity index (χ1v) is 9.52. The van der Waals surface area contributed by atoms with Crippen LogP contribution in [0.25, 0.3) is 6.20 Å². The van der Waals surface area contributed by atoms with Gasteiger partial charge in [0, 0.05) is 39.4 Å². The monoisotopic (exact) mass is 375 g/mol. The molecule has 2 rings (SSSR count). The van der Waals surface area contributed by atoms with Gasteiger partial charge in [0.15, 0.2) is 0 Å². The Morgan fingerprint density at radius 2 is 1.85 bits per heavy atom. The van der Waals surface area contributed by atoms with Crippen LogP contribution in [0.15, 0.2) is 18.4 Å². The third-order valence-electron chi connectivity index (χ3n) is 4.50. The molecule has 7 heteroatoms. The number of aryl methyl sites for hydroxylation is 2. The van der Waals surface area contributed by atoms with Crippen molar-refractivity contribution in [2.45, 2.75) is 46.6 Å². The Bertz CT molecular complexity index is 707. The summed E-state index contributed by atoms with van der Waals surface area (Å²) in [6.45, 7) is 16.5. The lowest BCUT2D eigenvalue weighted by molar-refractivity contribution is 0.0171. The van der Waals surface area contributed by atoms with E-state index in [0.29, 0.717) is 13.1 Å². The fourth-order valence-electron chi connectivity index (χ4n) is 3.14. The fourth-order valence-corrected chi connectivity index (χ4v) is 3.14. The van der Waals surface area contributed by atoms with Crippen molar-refractivity contribution in [3.63, 3.8) is 0 Å². The van der Waals surface area contributed by atoms with Crippen LogP contribution < -0.4 is 5.32 Å². The van der Waals surface area contributed by atoms with Gasteiger partial charge in [0.25, 0.3) is 0 Å². The average Bonchev–Trinajstić information content (AvgIpc) is 2.93. The van der Waals surface area contributed by atoms with Gasteiger partial charge in [0.2, 0.25) is 0 Å². The third kappa shape index (κ3) is 5.05. The number of rotatable bonds is 5. The number of nitrogens with zero attached hydrogens (tertiary/aromatic N) is 4. The number of carbonyl (C=O) groups excluding carboxylic acids is 1. The van der Waals surface area contributed by atoms with Gasteiger partial charge in [-0.2, -0.15) is 0 Å². The summed E-state index contributed by atoms with van der Waals surface area (Å²) in [5.41, 5.74) is 1.59. The van der Waals surface area contributed by atoms with Crippen LogP contribution in [0, 0.1) is 6.92 Å². The van der Waals surface area contributed by atoms with Gasteiger partial charge in [-0.15, -0.1) is 0 Å². The highest BCUT2D eigenvalue weighted by molar-refractivity contribution is 5.68. The van der Waals surface area contributed by atoms with E-state index in [2.05, 4.69) is 39.5 Å². The molecule has 1 aromatic heterocycles. The van der Waals surface area contributed by atoms with E-state index in [1.807, 2.05) is 40.8 Å². The lowest BCUT2D eigenvalue weighted by Crippen LogP contribution is -2.49. The lowest BCUT2D eigenvalue weighted by Gasteiger charge is -2.37. The molecule has 1 N–H and O–H groups in total. The summed E-state index contributed by atoms with van der Waals surface area (Å²) < 4.78 is 7.53. The van der Waals surface area contributed by atoms with Crippen LogP contribution in [0.4, 0.5) is 10.6 Å². The van der Waals surface area contributed by atoms with Crippen molar-refractivity contribution >= 4 is 18.1 Å². The number of ether oxygens (including phenoxy) is 1. The van der Waals surface area contributed by atoms with Gasteiger partial charge < -0.3 is 19.9 Å². The molecule has 1 amide bonds. The lowest BCUT2D eigenvalue weighted by atomic mass is 10.2. The second-order valence-corrected chi connectivity index (χ2v) is 7.64. The smallest absolute Gasteiger partial charge is 0.410 e. The van der Waals surface area contributed by atoms with Crippen LogP contribution in [0.2, 0.25) is 0 Å². The van der Waals surface area contributed by atoms with Crippen molar-refractivity contribution in [3.05, 3.63) is 29.9 Å². The van der Waals surface area contributed by atoms with Crippen LogP contribution in [0.1, 0.15) is 39.2 Å². The van der Waals surface area contributed by atoms with E-state index in [9.17, 15) is 4.79 Å². The first kappa shape index (κ1) is 20.9. The molecular formula is C20H33N5O2. The van der Waals surface area contributed by atoms with Crippen LogP contribution in [-0.2, 0) is 11.2 Å². The predicted octanol–water partition coefficient (Wildman–Crippen LogP) is 3.33. The van der Waals surface area contributed by atoms with E-state index >= 15 is 0 Å². The predicted molar refractivity (Wildman–Crippen MR) is 110 cm³/mol. The molecule has 0 unspecified atom stereocenters. The Balaban J connectivity index is 2.12. The Kier molecular flexibility index (Phi) is 6.57. The van der Waals surface area contributed by atoms with Gasteiger partial charge in [0.05, 0.1) is 11.4 Å². The summed E-state index contributed by atoms with van der Waals surface area (Å²) in [6.07, 6.45) is 4.54. The Morgan fingerprint density at radius 1 is 1.26 bits per heavy atom. The maximum Gasteiger partial charge on any atom is 0.410 e. The topological polar surface area (TPSA) is 62.6 Å². The van der Waals surface area contributed by atoms with Crippen molar-refractivity contribution in [1.82, 2.24) is 19.4 Å². The zero-order chi connectivity index (χ0) is 20.2. The van der Waals surface area contributed by atoms with E-state index in [1.54, 1.807) is 4.90 Å². The fraction of sp³-hybridized carbons (Fsp3) is 0.600. The number of imidazole rings is 1. The number of carbonyl (C=O) groups is 1. The molecule has 1 fully saturated rings. The van der Waals surface area contributed by atoms with Crippen LogP contribution >= 0.6 is 0 Å². The zero-order valence-corrected chi connectivity index (χ0v) is 17.5. The molecule has 2 heterocycles.